The Morgan fingerprint density at radius 1 is 1.06 bits per heavy atom. The molecule has 0 saturated carbocycles. The first-order valence-corrected chi connectivity index (χ1v) is 12.9. The Bertz CT molecular complexity index is 1250. The van der Waals surface area contributed by atoms with E-state index in [1.54, 1.807) is 29.5 Å². The number of likely N-dealkylation sites (tertiary alicyclic amines) is 1. The number of amides is 1. The molecule has 2 atom stereocenters. The van der Waals surface area contributed by atoms with Gasteiger partial charge in [-0.15, -0.1) is 15.7 Å². The maximum Gasteiger partial charge on any atom is 0.285 e. The lowest BCUT2D eigenvalue weighted by molar-refractivity contribution is -0.126. The van der Waals surface area contributed by atoms with Crippen LogP contribution in [0.2, 0.25) is 0 Å². The lowest BCUT2D eigenvalue weighted by Crippen LogP contribution is -2.46. The van der Waals surface area contributed by atoms with Gasteiger partial charge >= 0.3 is 0 Å². The Kier molecular flexibility index (Phi) is 5.57. The molecule has 164 valence electrons. The SMILES string of the molecule is O=C(NC(c1ccccc1)c1cccs1)C1CCCN(C2=NS(=O)(=O)c3ccccc32)C1. The fourth-order valence-corrected chi connectivity index (χ4v) is 6.41. The van der Waals surface area contributed by atoms with Crippen LogP contribution in [0.15, 0.2) is 81.4 Å². The van der Waals surface area contributed by atoms with E-state index >= 15 is 0 Å². The zero-order valence-electron chi connectivity index (χ0n) is 17.3. The first-order valence-electron chi connectivity index (χ1n) is 10.6. The van der Waals surface area contributed by atoms with Crippen LogP contribution in [0.1, 0.15) is 34.9 Å². The fraction of sp³-hybridized carbons (Fsp3) is 0.250. The Labute approximate surface area is 191 Å². The van der Waals surface area contributed by atoms with Crippen molar-refractivity contribution >= 4 is 33.1 Å². The molecule has 1 fully saturated rings. The lowest BCUT2D eigenvalue weighted by Gasteiger charge is -2.34. The van der Waals surface area contributed by atoms with Crippen molar-refractivity contribution in [1.82, 2.24) is 10.2 Å². The Morgan fingerprint density at radius 2 is 1.84 bits per heavy atom. The molecule has 2 aliphatic heterocycles. The van der Waals surface area contributed by atoms with Crippen molar-refractivity contribution in [3.63, 3.8) is 0 Å². The molecule has 6 nitrogen and oxygen atoms in total. The number of nitrogens with zero attached hydrogens (tertiary/aromatic N) is 2. The van der Waals surface area contributed by atoms with Crippen LogP contribution in [0.3, 0.4) is 0 Å². The van der Waals surface area contributed by atoms with Gasteiger partial charge in [-0.2, -0.15) is 8.42 Å². The van der Waals surface area contributed by atoms with Crippen LogP contribution < -0.4 is 5.32 Å². The second kappa shape index (κ2) is 8.52. The number of sulfonamides is 1. The van der Waals surface area contributed by atoms with Crippen molar-refractivity contribution in [2.45, 2.75) is 23.8 Å². The summed E-state index contributed by atoms with van der Waals surface area (Å²) in [6.07, 6.45) is 1.56. The predicted octanol–water partition coefficient (Wildman–Crippen LogP) is 3.81. The molecule has 1 N–H and O–H groups in total. The summed E-state index contributed by atoms with van der Waals surface area (Å²) in [5.41, 5.74) is 1.66. The standard InChI is InChI=1S/C24H23N3O3S2/c28-24(25-22(20-12-7-15-31-20)17-8-2-1-3-9-17)18-10-6-14-27(16-18)23-19-11-4-5-13-21(19)32(29,30)26-23/h1-5,7-9,11-13,15,18,22H,6,10,14,16H2,(H,25,28). The van der Waals surface area contributed by atoms with Gasteiger partial charge in [0, 0.05) is 23.5 Å². The highest BCUT2D eigenvalue weighted by atomic mass is 32.2. The number of nitrogens with one attached hydrogen (secondary N) is 1. The monoisotopic (exact) mass is 465 g/mol. The summed E-state index contributed by atoms with van der Waals surface area (Å²) in [7, 11) is -3.68. The lowest BCUT2D eigenvalue weighted by atomic mass is 9.95. The van der Waals surface area contributed by atoms with Crippen LogP contribution in [-0.2, 0) is 14.8 Å². The summed E-state index contributed by atoms with van der Waals surface area (Å²) in [6, 6.07) is 20.6. The van der Waals surface area contributed by atoms with Gasteiger partial charge in [-0.3, -0.25) is 4.79 Å². The van der Waals surface area contributed by atoms with E-state index in [0.29, 0.717) is 24.5 Å². The average molecular weight is 466 g/mol. The van der Waals surface area contributed by atoms with E-state index in [9.17, 15) is 13.2 Å². The Balaban J connectivity index is 1.36. The van der Waals surface area contributed by atoms with Crippen LogP contribution in [0, 0.1) is 5.92 Å². The van der Waals surface area contributed by atoms with Crippen molar-refractivity contribution in [2.75, 3.05) is 13.1 Å². The minimum Gasteiger partial charge on any atom is -0.355 e. The smallest absolute Gasteiger partial charge is 0.285 e. The number of rotatable bonds is 4. The van der Waals surface area contributed by atoms with Crippen molar-refractivity contribution < 1.29 is 13.2 Å². The highest BCUT2D eigenvalue weighted by molar-refractivity contribution is 7.90. The molecule has 32 heavy (non-hydrogen) atoms. The molecule has 0 spiro atoms. The normalized spacial score (nSPS) is 20.3. The molecule has 0 bridgehead atoms. The van der Waals surface area contributed by atoms with E-state index in [2.05, 4.69) is 9.71 Å². The summed E-state index contributed by atoms with van der Waals surface area (Å²) in [5, 5.41) is 5.25. The molecule has 1 amide bonds. The van der Waals surface area contributed by atoms with Crippen LogP contribution >= 0.6 is 11.3 Å². The first-order chi connectivity index (χ1) is 15.5. The molecular weight excluding hydrogens is 442 g/mol. The van der Waals surface area contributed by atoms with E-state index in [1.165, 1.54) is 0 Å². The third-order valence-corrected chi connectivity index (χ3v) is 8.21. The third kappa shape index (κ3) is 3.96. The second-order valence-electron chi connectivity index (χ2n) is 8.04. The minimum absolute atomic E-state index is 0.0216. The van der Waals surface area contributed by atoms with Gasteiger partial charge in [-0.05, 0) is 42.0 Å². The number of thiophene rings is 1. The summed E-state index contributed by atoms with van der Waals surface area (Å²) >= 11 is 1.62. The highest BCUT2D eigenvalue weighted by Gasteiger charge is 2.35. The van der Waals surface area contributed by atoms with E-state index in [0.717, 1.165) is 23.3 Å². The van der Waals surface area contributed by atoms with Gasteiger partial charge in [0.2, 0.25) is 5.91 Å². The molecule has 8 heteroatoms. The van der Waals surface area contributed by atoms with E-state index in [-0.39, 0.29) is 22.8 Å². The number of hydrogen-bond donors (Lipinski definition) is 1. The van der Waals surface area contributed by atoms with Gasteiger partial charge in [0.05, 0.1) is 12.0 Å². The fourth-order valence-electron chi connectivity index (χ4n) is 4.38. The van der Waals surface area contributed by atoms with E-state index in [4.69, 9.17) is 0 Å². The summed E-state index contributed by atoms with van der Waals surface area (Å²) in [5.74, 6) is 0.191. The first kappa shape index (κ1) is 20.9. The summed E-state index contributed by atoms with van der Waals surface area (Å²) in [6.45, 7) is 1.12. The van der Waals surface area contributed by atoms with Crippen LogP contribution in [-0.4, -0.2) is 38.2 Å². The third-order valence-electron chi connectivity index (χ3n) is 5.95. The molecule has 2 aliphatic rings. The maximum absolute atomic E-state index is 13.3. The number of piperidine rings is 1. The molecule has 2 unspecified atom stereocenters. The largest absolute Gasteiger partial charge is 0.355 e. The van der Waals surface area contributed by atoms with Gasteiger partial charge in [0.1, 0.15) is 4.90 Å². The minimum atomic E-state index is -3.68. The number of fused-ring (bicyclic) bond motifs is 1. The number of carbonyl (C=O) groups is 1. The highest BCUT2D eigenvalue weighted by Crippen LogP contribution is 2.31. The van der Waals surface area contributed by atoms with Crippen LogP contribution in [0.5, 0.6) is 0 Å². The maximum atomic E-state index is 13.3. The van der Waals surface area contributed by atoms with Gasteiger partial charge in [0.25, 0.3) is 10.0 Å². The van der Waals surface area contributed by atoms with Crippen molar-refractivity contribution in [3.8, 4) is 0 Å². The van der Waals surface area contributed by atoms with Gasteiger partial charge < -0.3 is 10.2 Å². The zero-order chi connectivity index (χ0) is 22.1. The predicted molar refractivity (Wildman–Crippen MR) is 125 cm³/mol. The Hall–Kier alpha value is -2.97. The molecule has 0 aliphatic carbocycles. The summed E-state index contributed by atoms with van der Waals surface area (Å²) in [4.78, 5) is 16.6. The molecule has 3 aromatic rings. The molecular formula is C24H23N3O3S2. The molecule has 1 saturated heterocycles. The molecule has 1 aromatic heterocycles. The summed E-state index contributed by atoms with van der Waals surface area (Å²) < 4.78 is 29.0. The van der Waals surface area contributed by atoms with E-state index < -0.39 is 10.0 Å². The van der Waals surface area contributed by atoms with Gasteiger partial charge in [-0.1, -0.05) is 48.5 Å². The van der Waals surface area contributed by atoms with Crippen LogP contribution in [0.4, 0.5) is 0 Å². The molecule has 0 radical (unpaired) electrons. The Morgan fingerprint density at radius 3 is 2.62 bits per heavy atom. The quantitative estimate of drug-likeness (QED) is 0.635. The van der Waals surface area contributed by atoms with Crippen molar-refractivity contribution in [3.05, 3.63) is 88.1 Å². The molecule has 5 rings (SSSR count). The molecule has 3 heterocycles. The van der Waals surface area contributed by atoms with E-state index in [1.807, 2.05) is 58.8 Å². The number of benzene rings is 2. The zero-order valence-corrected chi connectivity index (χ0v) is 19.0. The van der Waals surface area contributed by atoms with Gasteiger partial charge in [0.15, 0.2) is 5.84 Å². The number of hydrogen-bond acceptors (Lipinski definition) is 5. The average Bonchev–Trinajstić information content (AvgIpc) is 3.45. The van der Waals surface area contributed by atoms with Crippen LogP contribution in [0.25, 0.3) is 0 Å². The number of carbonyl (C=O) groups excluding carboxylic acids is 1. The van der Waals surface area contributed by atoms with Crippen molar-refractivity contribution in [1.29, 1.82) is 0 Å². The number of amidine groups is 1. The van der Waals surface area contributed by atoms with Crippen molar-refractivity contribution in [2.24, 2.45) is 10.3 Å². The second-order valence-corrected chi connectivity index (χ2v) is 10.6. The molecule has 2 aromatic carbocycles. The van der Waals surface area contributed by atoms with Gasteiger partial charge in [-0.25, -0.2) is 0 Å². The topological polar surface area (TPSA) is 78.8 Å².